The number of amides is 1. The average Bonchev–Trinajstić information content (AvgIpc) is 2.85. The first kappa shape index (κ1) is 38.0. The minimum absolute atomic E-state index is 0. The molecule has 0 unspecified atom stereocenters. The van der Waals surface area contributed by atoms with E-state index in [1.54, 1.807) is 12.1 Å². The summed E-state index contributed by atoms with van der Waals surface area (Å²) in [6.45, 7) is 3.82. The molecule has 0 spiro atoms. The van der Waals surface area contributed by atoms with E-state index < -0.39 is 31.9 Å². The summed E-state index contributed by atoms with van der Waals surface area (Å²) in [6, 6.07) is 6.30. The molecular formula is C24H28FN6Na2O8P. The average molecular weight is 624 g/mol. The fraction of sp³-hybridized carbons (Fsp3) is 0.333. The zero-order chi connectivity index (χ0) is 28.5. The molecular weight excluding hydrogens is 596 g/mol. The second kappa shape index (κ2) is 15.1. The van der Waals surface area contributed by atoms with Gasteiger partial charge in [-0.25, -0.2) is 14.4 Å². The fourth-order valence-corrected chi connectivity index (χ4v) is 4.02. The Bertz CT molecular complexity index is 1480. The molecule has 1 aliphatic rings. The van der Waals surface area contributed by atoms with Crippen LogP contribution in [0.5, 0.6) is 17.2 Å². The van der Waals surface area contributed by atoms with Crippen molar-refractivity contribution in [1.29, 1.82) is 0 Å². The second-order valence-electron chi connectivity index (χ2n) is 8.74. The predicted octanol–water partition coefficient (Wildman–Crippen LogP) is -3.23. The first-order valence-corrected chi connectivity index (χ1v) is 12.7. The number of nitrogens with one attached hydrogen (secondary N) is 2. The van der Waals surface area contributed by atoms with Gasteiger partial charge in [0.2, 0.25) is 5.95 Å². The number of carbonyl (C=O) groups is 1. The molecule has 14 nitrogen and oxygen atoms in total. The van der Waals surface area contributed by atoms with Crippen molar-refractivity contribution in [1.82, 2.24) is 15.0 Å². The smallest absolute Gasteiger partial charge is 0.790 e. The van der Waals surface area contributed by atoms with E-state index in [4.69, 9.17) is 14.2 Å². The number of phosphoric ester groups is 1. The van der Waals surface area contributed by atoms with E-state index in [9.17, 15) is 23.5 Å². The van der Waals surface area contributed by atoms with Gasteiger partial charge in [0.1, 0.15) is 12.5 Å². The van der Waals surface area contributed by atoms with Crippen LogP contribution in [0.3, 0.4) is 0 Å². The molecule has 1 aromatic carbocycles. The summed E-state index contributed by atoms with van der Waals surface area (Å²) in [5.41, 5.74) is -0.0701. The van der Waals surface area contributed by atoms with Gasteiger partial charge in [-0.2, -0.15) is 4.98 Å². The zero-order valence-electron chi connectivity index (χ0n) is 23.5. The van der Waals surface area contributed by atoms with E-state index in [-0.39, 0.29) is 95.7 Å². The molecule has 0 fully saturated rings. The van der Waals surface area contributed by atoms with Crippen LogP contribution in [-0.4, -0.2) is 47.4 Å². The van der Waals surface area contributed by atoms with Crippen molar-refractivity contribution in [2.75, 3.05) is 36.5 Å². The second-order valence-corrected chi connectivity index (χ2v) is 9.89. The van der Waals surface area contributed by atoms with Crippen LogP contribution >= 0.6 is 7.82 Å². The molecule has 42 heavy (non-hydrogen) atoms. The van der Waals surface area contributed by atoms with Crippen LogP contribution in [0, 0.1) is 12.7 Å². The number of nitrogens with zero attached hydrogens (tertiary/aromatic N) is 4. The molecule has 0 atom stereocenters. The summed E-state index contributed by atoms with van der Waals surface area (Å²) in [5, 5.41) is 5.66. The largest absolute Gasteiger partial charge is 1.00 e. The SMILES string of the molecule is C.COc1cc(Nc2ncc(F)c(Nc3ccc4c(n3)N(COP(=O)([O-])[O-])C(=O)C(C)(C)O4)n2)cc(C)c1OC.[Na+].[Na+]. The number of pyridine rings is 1. The molecule has 3 aromatic rings. The summed E-state index contributed by atoms with van der Waals surface area (Å²) in [5.74, 6) is -0.727. The number of carbonyl (C=O) groups excluding carboxylic acids is 1. The van der Waals surface area contributed by atoms with Gasteiger partial charge >= 0.3 is 59.1 Å². The van der Waals surface area contributed by atoms with E-state index in [1.807, 2.05) is 6.92 Å². The Kier molecular flexibility index (Phi) is 13.7. The molecule has 2 aromatic heterocycles. The Morgan fingerprint density at radius 2 is 1.81 bits per heavy atom. The third-order valence-corrected chi connectivity index (χ3v) is 5.91. The van der Waals surface area contributed by atoms with Crippen molar-refractivity contribution < 1.29 is 101 Å². The van der Waals surface area contributed by atoms with E-state index >= 15 is 0 Å². The number of rotatable bonds is 9. The number of aryl methyl sites for hydroxylation is 1. The van der Waals surface area contributed by atoms with Crippen LogP contribution < -0.4 is 98.6 Å². The molecule has 0 aliphatic carbocycles. The van der Waals surface area contributed by atoms with Crippen molar-refractivity contribution in [2.24, 2.45) is 0 Å². The Morgan fingerprint density at radius 3 is 2.43 bits per heavy atom. The van der Waals surface area contributed by atoms with Gasteiger partial charge in [0.05, 0.1) is 28.2 Å². The predicted molar refractivity (Wildman–Crippen MR) is 140 cm³/mol. The molecule has 0 radical (unpaired) electrons. The van der Waals surface area contributed by atoms with Gasteiger partial charge in [0.15, 0.2) is 40.3 Å². The van der Waals surface area contributed by atoms with E-state index in [0.29, 0.717) is 17.2 Å². The summed E-state index contributed by atoms with van der Waals surface area (Å²) >= 11 is 0. The Hall–Kier alpha value is -2.04. The van der Waals surface area contributed by atoms with E-state index in [2.05, 4.69) is 30.1 Å². The molecule has 0 saturated carbocycles. The normalized spacial score (nSPS) is 13.3. The zero-order valence-corrected chi connectivity index (χ0v) is 28.4. The first-order valence-electron chi connectivity index (χ1n) is 11.3. The number of methoxy groups -OCH3 is 2. The van der Waals surface area contributed by atoms with Crippen LogP contribution in [0.1, 0.15) is 26.8 Å². The number of phosphoric acid groups is 1. The van der Waals surface area contributed by atoms with Gasteiger partial charge in [-0.15, -0.1) is 0 Å². The van der Waals surface area contributed by atoms with E-state index in [1.165, 1.54) is 40.2 Å². The van der Waals surface area contributed by atoms with E-state index in [0.717, 1.165) is 16.7 Å². The van der Waals surface area contributed by atoms with Crippen LogP contribution in [0.4, 0.5) is 33.5 Å². The van der Waals surface area contributed by atoms with Crippen molar-refractivity contribution in [2.45, 2.75) is 33.8 Å². The third-order valence-electron chi connectivity index (χ3n) is 5.48. The maximum absolute atomic E-state index is 14.6. The number of benzene rings is 1. The number of aromatic nitrogens is 3. The Balaban J connectivity index is 0.00000294. The number of ether oxygens (including phenoxy) is 3. The molecule has 0 saturated heterocycles. The van der Waals surface area contributed by atoms with Crippen molar-refractivity contribution in [3.8, 4) is 17.2 Å². The van der Waals surface area contributed by atoms with Crippen molar-refractivity contribution in [3.63, 3.8) is 0 Å². The quantitative estimate of drug-likeness (QED) is 0.179. The summed E-state index contributed by atoms with van der Waals surface area (Å²) < 4.78 is 46.3. The molecule has 1 aliphatic heterocycles. The van der Waals surface area contributed by atoms with Crippen molar-refractivity contribution >= 4 is 42.8 Å². The van der Waals surface area contributed by atoms with Gasteiger partial charge in [-0.3, -0.25) is 9.69 Å². The maximum atomic E-state index is 14.6. The molecule has 216 valence electrons. The van der Waals surface area contributed by atoms with Crippen molar-refractivity contribution in [3.05, 3.63) is 41.8 Å². The number of hydrogen-bond donors (Lipinski definition) is 2. The molecule has 0 bridgehead atoms. The Morgan fingerprint density at radius 1 is 1.12 bits per heavy atom. The van der Waals surface area contributed by atoms with Gasteiger partial charge in [0.25, 0.3) is 5.91 Å². The summed E-state index contributed by atoms with van der Waals surface area (Å²) in [6.07, 6.45) is 0.943. The van der Waals surface area contributed by atoms with Gasteiger partial charge in [-0.1, -0.05) is 7.43 Å². The monoisotopic (exact) mass is 624 g/mol. The minimum Gasteiger partial charge on any atom is -0.790 e. The summed E-state index contributed by atoms with van der Waals surface area (Å²) in [7, 11) is -2.38. The van der Waals surface area contributed by atoms with Gasteiger partial charge in [-0.05, 0) is 44.5 Å². The van der Waals surface area contributed by atoms with Crippen LogP contribution in [0.2, 0.25) is 0 Å². The summed E-state index contributed by atoms with van der Waals surface area (Å²) in [4.78, 5) is 48.1. The third kappa shape index (κ3) is 8.76. The molecule has 2 N–H and O–H groups in total. The number of hydrogen-bond acceptors (Lipinski definition) is 13. The van der Waals surface area contributed by atoms with Crippen LogP contribution in [-0.2, 0) is 13.9 Å². The number of anilines is 5. The first-order chi connectivity index (χ1) is 18.3. The fourth-order valence-electron chi connectivity index (χ4n) is 3.76. The molecule has 18 heteroatoms. The topological polar surface area (TPSA) is 183 Å². The maximum Gasteiger partial charge on any atom is 1.00 e. The van der Waals surface area contributed by atoms with Gasteiger partial charge < -0.3 is 43.7 Å². The standard InChI is InChI=1S/C23H26FN6O8P.CH4.2Na/c1-12-8-13(9-16(35-4)18(12)36-5)26-22-25-10-14(24)19(29-22)27-17-7-6-15-20(28-17)30(11-37-39(32,33)34)21(31)23(2,3)38-15;;;/h6-10H,11H2,1-5H3,(H2,32,33,34)(H2,25,26,27,28,29);1H4;;/q;;2*+1/p-2. The molecule has 1 amide bonds. The van der Waals surface area contributed by atoms with Crippen LogP contribution in [0.15, 0.2) is 30.5 Å². The number of halogens is 1. The molecule has 4 rings (SSSR count). The van der Waals surface area contributed by atoms with Crippen LogP contribution in [0.25, 0.3) is 0 Å². The number of fused-ring (bicyclic) bond motifs is 1. The molecule has 3 heterocycles. The minimum atomic E-state index is -5.40. The Labute approximate surface area is 286 Å². The van der Waals surface area contributed by atoms with Gasteiger partial charge in [0, 0.05) is 11.8 Å².